The Morgan fingerprint density at radius 2 is 1.76 bits per heavy atom. The van der Waals surface area contributed by atoms with Crippen LogP contribution in [0.1, 0.15) is 23.4 Å². The summed E-state index contributed by atoms with van der Waals surface area (Å²) in [6.45, 7) is 3.99. The molecule has 0 aliphatic carbocycles. The molecule has 3 rings (SSSR count). The van der Waals surface area contributed by atoms with Crippen LogP contribution in [-0.4, -0.2) is 42.3 Å². The average Bonchev–Trinajstić information content (AvgIpc) is 2.94. The topological polar surface area (TPSA) is 84.3 Å². The SMILES string of the molecule is Cc1cc(C)cc(NC(=O)CCc2nc3cc(S(=O)(=O)N(C)C)ccc3n2C)c1. The van der Waals surface area contributed by atoms with Gasteiger partial charge in [0.05, 0.1) is 15.9 Å². The molecule has 154 valence electrons. The highest BCUT2D eigenvalue weighted by atomic mass is 32.2. The third-order valence-electron chi connectivity index (χ3n) is 4.80. The second-order valence-electron chi connectivity index (χ2n) is 7.45. The average molecular weight is 415 g/mol. The largest absolute Gasteiger partial charge is 0.331 e. The number of imidazole rings is 1. The first kappa shape index (κ1) is 21.0. The number of fused-ring (bicyclic) bond motifs is 1. The third-order valence-corrected chi connectivity index (χ3v) is 6.62. The van der Waals surface area contributed by atoms with Crippen molar-refractivity contribution in [1.29, 1.82) is 0 Å². The lowest BCUT2D eigenvalue weighted by atomic mass is 10.1. The molecule has 0 aliphatic heterocycles. The number of carbonyl (C=O) groups is 1. The number of nitrogens with zero attached hydrogens (tertiary/aromatic N) is 3. The summed E-state index contributed by atoms with van der Waals surface area (Å²) >= 11 is 0. The quantitative estimate of drug-likeness (QED) is 0.672. The smallest absolute Gasteiger partial charge is 0.242 e. The van der Waals surface area contributed by atoms with Gasteiger partial charge in [-0.05, 0) is 55.3 Å². The number of hydrogen-bond donors (Lipinski definition) is 1. The molecular formula is C21H26N4O3S. The zero-order chi connectivity index (χ0) is 21.3. The minimum absolute atomic E-state index is 0.0852. The molecule has 2 aromatic carbocycles. The van der Waals surface area contributed by atoms with Crippen LogP contribution in [0, 0.1) is 13.8 Å². The van der Waals surface area contributed by atoms with E-state index in [0.717, 1.165) is 28.2 Å². The molecule has 0 aliphatic rings. The maximum absolute atomic E-state index is 12.4. The fourth-order valence-corrected chi connectivity index (χ4v) is 4.24. The van der Waals surface area contributed by atoms with Crippen LogP contribution in [0.25, 0.3) is 11.0 Å². The first-order chi connectivity index (χ1) is 13.6. The van der Waals surface area contributed by atoms with Gasteiger partial charge in [0.15, 0.2) is 0 Å². The van der Waals surface area contributed by atoms with E-state index in [2.05, 4.69) is 16.4 Å². The Labute approximate surface area is 171 Å². The number of hydrogen-bond acceptors (Lipinski definition) is 4. The van der Waals surface area contributed by atoms with E-state index >= 15 is 0 Å². The van der Waals surface area contributed by atoms with Gasteiger partial charge in [-0.1, -0.05) is 6.07 Å². The van der Waals surface area contributed by atoms with Gasteiger partial charge in [-0.3, -0.25) is 4.79 Å². The molecule has 0 radical (unpaired) electrons. The Bertz CT molecular complexity index is 1160. The lowest BCUT2D eigenvalue weighted by molar-refractivity contribution is -0.116. The molecule has 0 bridgehead atoms. The Morgan fingerprint density at radius 1 is 1.10 bits per heavy atom. The zero-order valence-electron chi connectivity index (χ0n) is 17.4. The number of nitrogens with one attached hydrogen (secondary N) is 1. The molecule has 8 heteroatoms. The Hall–Kier alpha value is -2.71. The van der Waals surface area contributed by atoms with Gasteiger partial charge in [0.1, 0.15) is 5.82 Å². The normalized spacial score (nSPS) is 11.9. The van der Waals surface area contributed by atoms with Crippen molar-refractivity contribution in [3.8, 4) is 0 Å². The van der Waals surface area contributed by atoms with Crippen LogP contribution in [0.2, 0.25) is 0 Å². The van der Waals surface area contributed by atoms with Gasteiger partial charge in [0.25, 0.3) is 0 Å². The Morgan fingerprint density at radius 3 is 2.38 bits per heavy atom. The first-order valence-electron chi connectivity index (χ1n) is 9.34. The molecule has 0 unspecified atom stereocenters. The van der Waals surface area contributed by atoms with Crippen molar-refractivity contribution < 1.29 is 13.2 Å². The minimum atomic E-state index is -3.52. The van der Waals surface area contributed by atoms with Crippen LogP contribution >= 0.6 is 0 Å². The summed E-state index contributed by atoms with van der Waals surface area (Å²) in [6.07, 6.45) is 0.741. The number of benzene rings is 2. The molecule has 1 aromatic heterocycles. The van der Waals surface area contributed by atoms with Gasteiger partial charge < -0.3 is 9.88 Å². The van der Waals surface area contributed by atoms with Crippen molar-refractivity contribution in [1.82, 2.24) is 13.9 Å². The van der Waals surface area contributed by atoms with Gasteiger partial charge in [0, 0.05) is 39.7 Å². The monoisotopic (exact) mass is 414 g/mol. The highest BCUT2D eigenvalue weighted by molar-refractivity contribution is 7.89. The maximum Gasteiger partial charge on any atom is 0.242 e. The molecule has 0 spiro atoms. The predicted octanol–water partition coefficient (Wildman–Crippen LogP) is 3.01. The van der Waals surface area contributed by atoms with Crippen molar-refractivity contribution in [3.05, 3.63) is 53.3 Å². The summed E-state index contributed by atoms with van der Waals surface area (Å²) in [6, 6.07) is 10.8. The lowest BCUT2D eigenvalue weighted by Gasteiger charge is -2.10. The van der Waals surface area contributed by atoms with Crippen LogP contribution in [0.15, 0.2) is 41.3 Å². The van der Waals surface area contributed by atoms with Crippen molar-refractivity contribution >= 4 is 32.7 Å². The molecule has 0 atom stereocenters. The molecule has 0 fully saturated rings. The molecule has 1 N–H and O–H groups in total. The second-order valence-corrected chi connectivity index (χ2v) is 9.60. The van der Waals surface area contributed by atoms with Crippen molar-refractivity contribution in [2.45, 2.75) is 31.6 Å². The summed E-state index contributed by atoms with van der Waals surface area (Å²) in [7, 11) is 1.34. The van der Waals surface area contributed by atoms with Crippen LogP contribution in [0.5, 0.6) is 0 Å². The number of amides is 1. The van der Waals surface area contributed by atoms with E-state index in [-0.39, 0.29) is 17.2 Å². The lowest BCUT2D eigenvalue weighted by Crippen LogP contribution is -2.22. The van der Waals surface area contributed by atoms with Crippen LogP contribution in [0.4, 0.5) is 5.69 Å². The van der Waals surface area contributed by atoms with Crippen molar-refractivity contribution in [2.24, 2.45) is 7.05 Å². The standard InChI is InChI=1S/C21H26N4O3S/c1-14-10-15(2)12-16(11-14)22-21(26)9-8-20-23-18-13-17(29(27,28)24(3)4)6-7-19(18)25(20)5/h6-7,10-13H,8-9H2,1-5H3,(H,22,26). The predicted molar refractivity (Wildman–Crippen MR) is 114 cm³/mol. The van der Waals surface area contributed by atoms with Crippen molar-refractivity contribution in [2.75, 3.05) is 19.4 Å². The molecule has 7 nitrogen and oxygen atoms in total. The summed E-state index contributed by atoms with van der Waals surface area (Å²) in [5.74, 6) is 0.646. The third kappa shape index (κ3) is 4.49. The van der Waals surface area contributed by atoms with Gasteiger partial charge in [-0.25, -0.2) is 17.7 Å². The van der Waals surface area contributed by atoms with E-state index in [1.54, 1.807) is 18.2 Å². The molecule has 0 saturated heterocycles. The number of aryl methyl sites for hydroxylation is 4. The van der Waals surface area contributed by atoms with E-state index in [9.17, 15) is 13.2 Å². The fraction of sp³-hybridized carbons (Fsp3) is 0.333. The molecule has 1 heterocycles. The summed E-state index contributed by atoms with van der Waals surface area (Å²) in [5.41, 5.74) is 4.40. The van der Waals surface area contributed by atoms with E-state index in [0.29, 0.717) is 11.9 Å². The zero-order valence-corrected chi connectivity index (χ0v) is 18.2. The number of aromatic nitrogens is 2. The molecule has 0 saturated carbocycles. The highest BCUT2D eigenvalue weighted by Crippen LogP contribution is 2.22. The van der Waals surface area contributed by atoms with E-state index in [1.165, 1.54) is 18.4 Å². The van der Waals surface area contributed by atoms with Gasteiger partial charge in [-0.15, -0.1) is 0 Å². The number of carbonyl (C=O) groups excluding carboxylic acids is 1. The van der Waals surface area contributed by atoms with Crippen LogP contribution < -0.4 is 5.32 Å². The Balaban J connectivity index is 1.76. The van der Waals surface area contributed by atoms with Gasteiger partial charge >= 0.3 is 0 Å². The number of rotatable bonds is 6. The molecule has 1 amide bonds. The maximum atomic E-state index is 12.4. The first-order valence-corrected chi connectivity index (χ1v) is 10.8. The Kier molecular flexibility index (Phi) is 5.77. The van der Waals surface area contributed by atoms with Crippen LogP contribution in [0.3, 0.4) is 0 Å². The highest BCUT2D eigenvalue weighted by Gasteiger charge is 2.19. The minimum Gasteiger partial charge on any atom is -0.331 e. The van der Waals surface area contributed by atoms with E-state index < -0.39 is 10.0 Å². The summed E-state index contributed by atoms with van der Waals surface area (Å²) in [4.78, 5) is 17.1. The summed E-state index contributed by atoms with van der Waals surface area (Å²) < 4.78 is 27.8. The number of sulfonamides is 1. The fourth-order valence-electron chi connectivity index (χ4n) is 3.32. The van der Waals surface area contributed by atoms with Crippen molar-refractivity contribution in [3.63, 3.8) is 0 Å². The summed E-state index contributed by atoms with van der Waals surface area (Å²) in [5, 5.41) is 2.93. The molecule has 3 aromatic rings. The van der Waals surface area contributed by atoms with Crippen LogP contribution in [-0.2, 0) is 28.3 Å². The van der Waals surface area contributed by atoms with Gasteiger partial charge in [-0.2, -0.15) is 0 Å². The second kappa shape index (κ2) is 7.96. The van der Waals surface area contributed by atoms with Gasteiger partial charge in [0.2, 0.25) is 15.9 Å². The number of anilines is 1. The molecule has 29 heavy (non-hydrogen) atoms. The van der Waals surface area contributed by atoms with E-state index in [1.807, 2.05) is 37.6 Å². The molecular weight excluding hydrogens is 388 g/mol. The van der Waals surface area contributed by atoms with E-state index in [4.69, 9.17) is 0 Å².